The van der Waals surface area contributed by atoms with Crippen LogP contribution in [-0.4, -0.2) is 19.8 Å². The molecule has 1 atom stereocenters. The van der Waals surface area contributed by atoms with Crippen LogP contribution in [0.4, 0.5) is 0 Å². The first-order valence-electron chi connectivity index (χ1n) is 2.21. The molecule has 0 aromatic rings. The van der Waals surface area contributed by atoms with E-state index in [1.54, 1.807) is 7.11 Å². The number of rotatable bonds is 3. The van der Waals surface area contributed by atoms with Gasteiger partial charge in [-0.05, 0) is 0 Å². The van der Waals surface area contributed by atoms with Gasteiger partial charge >= 0.3 is 53.7 Å². The molecule has 0 saturated heterocycles. The summed E-state index contributed by atoms with van der Waals surface area (Å²) in [6, 6.07) is 0. The monoisotopic (exact) mass is 153 g/mol. The Morgan fingerprint density at radius 2 is 2.29 bits per heavy atom. The Labute approximate surface area is 54.3 Å². The Bertz CT molecular complexity index is 40.7. The van der Waals surface area contributed by atoms with Gasteiger partial charge in [0.1, 0.15) is 0 Å². The third-order valence-electron chi connectivity index (χ3n) is 0.755. The molecular formula is C4H9O2Zn. The van der Waals surface area contributed by atoms with E-state index in [2.05, 4.69) is 0 Å². The van der Waals surface area contributed by atoms with Crippen molar-refractivity contribution in [3.63, 3.8) is 0 Å². The molecule has 39 valence electrons. The second-order valence-electron chi connectivity index (χ2n) is 1.42. The normalized spacial score (nSPS) is 14.3. The zero-order valence-corrected chi connectivity index (χ0v) is 7.78. The van der Waals surface area contributed by atoms with Crippen molar-refractivity contribution < 1.29 is 27.0 Å². The summed E-state index contributed by atoms with van der Waals surface area (Å²) in [4.78, 5) is 0. The average Bonchev–Trinajstić information content (AvgIpc) is 1.68. The molecule has 0 bridgehead atoms. The van der Waals surface area contributed by atoms with Crippen molar-refractivity contribution in [2.24, 2.45) is 0 Å². The van der Waals surface area contributed by atoms with Crippen LogP contribution in [0.15, 0.2) is 0 Å². The van der Waals surface area contributed by atoms with Crippen LogP contribution in [0.2, 0.25) is 0 Å². The number of methoxy groups -OCH3 is 1. The predicted octanol–water partition coefficient (Wildman–Crippen LogP) is 0.500. The summed E-state index contributed by atoms with van der Waals surface area (Å²) in [6.45, 7) is 2.71. The molecule has 0 rings (SSSR count). The van der Waals surface area contributed by atoms with Gasteiger partial charge in [-0.3, -0.25) is 0 Å². The first kappa shape index (κ1) is 7.54. The van der Waals surface area contributed by atoms with E-state index in [1.165, 1.54) is 0 Å². The molecule has 0 aromatic heterocycles. The average molecular weight is 155 g/mol. The molecule has 1 unspecified atom stereocenters. The van der Waals surface area contributed by atoms with E-state index in [0.717, 1.165) is 25.3 Å². The fraction of sp³-hybridized carbons (Fsp3) is 1.00. The van der Waals surface area contributed by atoms with Gasteiger partial charge in [-0.1, -0.05) is 0 Å². The first-order chi connectivity index (χ1) is 3.31. The van der Waals surface area contributed by atoms with Gasteiger partial charge in [0.15, 0.2) is 0 Å². The molecule has 0 radical (unpaired) electrons. The summed E-state index contributed by atoms with van der Waals surface area (Å²) < 4.78 is 9.78. The number of hydrogen-bond donors (Lipinski definition) is 0. The summed E-state index contributed by atoms with van der Waals surface area (Å²) in [5, 5.41) is 0. The van der Waals surface area contributed by atoms with Crippen LogP contribution in [0.25, 0.3) is 0 Å². The Morgan fingerprint density at radius 3 is 2.43 bits per heavy atom. The molecule has 0 aliphatic heterocycles. The topological polar surface area (TPSA) is 18.5 Å². The van der Waals surface area contributed by atoms with Crippen molar-refractivity contribution >= 4 is 0 Å². The minimum atomic E-state index is 0.258. The standard InChI is InChI=1S/C4H9O2.Zn/c1-4(3-5)6-2;/h4H,3H2,1-2H3;/q-1;+1. The van der Waals surface area contributed by atoms with Crippen LogP contribution in [0.3, 0.4) is 0 Å². The van der Waals surface area contributed by atoms with Gasteiger partial charge in [0.25, 0.3) is 0 Å². The van der Waals surface area contributed by atoms with Crippen LogP contribution in [0.5, 0.6) is 0 Å². The molecule has 0 N–H and O–H groups in total. The fourth-order valence-corrected chi connectivity index (χ4v) is 0.930. The second-order valence-corrected chi connectivity index (χ2v) is 2.27. The van der Waals surface area contributed by atoms with E-state index in [0.29, 0.717) is 0 Å². The molecule has 0 saturated carbocycles. The summed E-state index contributed by atoms with van der Waals surface area (Å²) in [5.74, 6) is 0. The first-order valence-corrected chi connectivity index (χ1v) is 3.42. The van der Waals surface area contributed by atoms with E-state index in [9.17, 15) is 0 Å². The molecular weight excluding hydrogens is 145 g/mol. The van der Waals surface area contributed by atoms with Crippen molar-refractivity contribution in [1.82, 2.24) is 0 Å². The van der Waals surface area contributed by atoms with Gasteiger partial charge in [0, 0.05) is 0 Å². The zero-order chi connectivity index (χ0) is 5.70. The van der Waals surface area contributed by atoms with Gasteiger partial charge in [-0.2, -0.15) is 0 Å². The fourth-order valence-electron chi connectivity index (χ4n) is 0.234. The molecule has 0 spiro atoms. The molecule has 0 aliphatic rings. The van der Waals surface area contributed by atoms with Crippen LogP contribution in [0.1, 0.15) is 6.92 Å². The predicted molar refractivity (Wildman–Crippen MR) is 22.4 cm³/mol. The molecule has 0 aromatic carbocycles. The SMILES string of the molecule is COC(C)C[O][Zn]. The van der Waals surface area contributed by atoms with E-state index >= 15 is 0 Å². The number of hydrogen-bond acceptors (Lipinski definition) is 2. The van der Waals surface area contributed by atoms with Crippen molar-refractivity contribution in [2.45, 2.75) is 13.0 Å². The summed E-state index contributed by atoms with van der Waals surface area (Å²) >= 11 is 0.897. The van der Waals surface area contributed by atoms with Crippen molar-refractivity contribution in [2.75, 3.05) is 13.7 Å². The third kappa shape index (κ3) is 4.40. The molecule has 0 heterocycles. The van der Waals surface area contributed by atoms with Gasteiger partial charge < -0.3 is 0 Å². The van der Waals surface area contributed by atoms with E-state index in [4.69, 9.17) is 8.30 Å². The van der Waals surface area contributed by atoms with Crippen LogP contribution >= 0.6 is 0 Å². The van der Waals surface area contributed by atoms with Gasteiger partial charge in [-0.25, -0.2) is 0 Å². The zero-order valence-electron chi connectivity index (χ0n) is 4.81. The molecule has 0 aliphatic carbocycles. The molecule has 2 nitrogen and oxygen atoms in total. The van der Waals surface area contributed by atoms with Crippen molar-refractivity contribution in [1.29, 1.82) is 0 Å². The van der Waals surface area contributed by atoms with E-state index < -0.39 is 0 Å². The second kappa shape index (κ2) is 4.70. The summed E-state index contributed by atoms with van der Waals surface area (Å²) in [5.41, 5.74) is 0. The van der Waals surface area contributed by atoms with Gasteiger partial charge in [-0.15, -0.1) is 0 Å². The molecule has 0 fully saturated rings. The summed E-state index contributed by atoms with van der Waals surface area (Å²) in [6.07, 6.45) is 0.258. The molecule has 3 heteroatoms. The molecule has 0 amide bonds. The Balaban J connectivity index is 2.83. The van der Waals surface area contributed by atoms with E-state index in [1.807, 2.05) is 6.92 Å². The van der Waals surface area contributed by atoms with Crippen LogP contribution in [0, 0.1) is 0 Å². The Kier molecular flexibility index (Phi) is 5.06. The van der Waals surface area contributed by atoms with E-state index in [-0.39, 0.29) is 6.10 Å². The number of ether oxygens (including phenoxy) is 1. The van der Waals surface area contributed by atoms with Crippen molar-refractivity contribution in [3.8, 4) is 0 Å². The summed E-state index contributed by atoms with van der Waals surface area (Å²) in [7, 11) is 1.68. The third-order valence-corrected chi connectivity index (χ3v) is 1.25. The maximum atomic E-state index is 4.89. The minimum absolute atomic E-state index is 0.258. The molecule has 7 heavy (non-hydrogen) atoms. The Hall–Kier alpha value is 0.543. The maximum absolute atomic E-state index is 4.89. The quantitative estimate of drug-likeness (QED) is 0.551. The van der Waals surface area contributed by atoms with Crippen LogP contribution in [-0.2, 0) is 27.0 Å². The van der Waals surface area contributed by atoms with Crippen molar-refractivity contribution in [3.05, 3.63) is 0 Å². The van der Waals surface area contributed by atoms with Gasteiger partial charge in [0.2, 0.25) is 0 Å². The van der Waals surface area contributed by atoms with Gasteiger partial charge in [0.05, 0.1) is 0 Å². The van der Waals surface area contributed by atoms with Crippen LogP contribution < -0.4 is 0 Å². The Morgan fingerprint density at radius 1 is 1.71 bits per heavy atom.